The van der Waals surface area contributed by atoms with Crippen molar-refractivity contribution in [1.29, 1.82) is 0 Å². The molecule has 7 nitrogen and oxygen atoms in total. The summed E-state index contributed by atoms with van der Waals surface area (Å²) in [5, 5.41) is 5.58. The number of carbonyl (C=O) groups is 1. The molecule has 0 aliphatic carbocycles. The Hall–Kier alpha value is -3.16. The number of benzene rings is 2. The standard InChI is InChI=1S/C21H28FN3O4/c1-13(15-10-18(27-4)20(29-6)19(11-15)28-5)24-21(26)23-12-14-7-8-17(25(2)3)16(22)9-14/h7-11,13H,12H2,1-6H3,(H2,23,24,26). The van der Waals surface area contributed by atoms with E-state index in [4.69, 9.17) is 14.2 Å². The first-order valence-corrected chi connectivity index (χ1v) is 9.10. The van der Waals surface area contributed by atoms with Crippen LogP contribution in [0.1, 0.15) is 24.1 Å². The fourth-order valence-corrected chi connectivity index (χ4v) is 2.89. The summed E-state index contributed by atoms with van der Waals surface area (Å²) in [6.45, 7) is 2.05. The average Bonchev–Trinajstić information content (AvgIpc) is 2.70. The molecule has 158 valence electrons. The summed E-state index contributed by atoms with van der Waals surface area (Å²) in [6.07, 6.45) is 0. The third-order valence-electron chi connectivity index (χ3n) is 4.48. The van der Waals surface area contributed by atoms with Crippen molar-refractivity contribution in [3.63, 3.8) is 0 Å². The highest BCUT2D eigenvalue weighted by molar-refractivity contribution is 5.74. The summed E-state index contributed by atoms with van der Waals surface area (Å²) >= 11 is 0. The number of halogens is 1. The van der Waals surface area contributed by atoms with E-state index >= 15 is 0 Å². The lowest BCUT2D eigenvalue weighted by atomic mass is 10.1. The van der Waals surface area contributed by atoms with Gasteiger partial charge in [0.05, 0.1) is 33.1 Å². The van der Waals surface area contributed by atoms with E-state index in [0.29, 0.717) is 28.5 Å². The van der Waals surface area contributed by atoms with Gasteiger partial charge in [-0.15, -0.1) is 0 Å². The van der Waals surface area contributed by atoms with Gasteiger partial charge in [-0.05, 0) is 42.3 Å². The molecule has 29 heavy (non-hydrogen) atoms. The number of hydrogen-bond acceptors (Lipinski definition) is 5. The normalized spacial score (nSPS) is 11.4. The Kier molecular flexibility index (Phi) is 7.52. The summed E-state index contributed by atoms with van der Waals surface area (Å²) in [5.74, 6) is 1.17. The number of rotatable bonds is 8. The molecule has 0 aliphatic rings. The van der Waals surface area contributed by atoms with Gasteiger partial charge in [0.15, 0.2) is 11.5 Å². The number of nitrogens with zero attached hydrogens (tertiary/aromatic N) is 1. The Labute approximate surface area is 170 Å². The smallest absolute Gasteiger partial charge is 0.315 e. The van der Waals surface area contributed by atoms with E-state index in [0.717, 1.165) is 5.56 Å². The molecule has 1 unspecified atom stereocenters. The Bertz CT molecular complexity index is 833. The molecule has 2 aromatic carbocycles. The number of anilines is 1. The number of hydrogen-bond donors (Lipinski definition) is 2. The van der Waals surface area contributed by atoms with Crippen LogP contribution < -0.4 is 29.7 Å². The fourth-order valence-electron chi connectivity index (χ4n) is 2.89. The molecule has 0 aromatic heterocycles. The molecular weight excluding hydrogens is 377 g/mol. The average molecular weight is 405 g/mol. The molecule has 0 saturated carbocycles. The Morgan fingerprint density at radius 3 is 2.17 bits per heavy atom. The number of amides is 2. The van der Waals surface area contributed by atoms with E-state index in [1.807, 2.05) is 6.92 Å². The van der Waals surface area contributed by atoms with Gasteiger partial charge in [0.1, 0.15) is 5.82 Å². The van der Waals surface area contributed by atoms with Crippen molar-refractivity contribution < 1.29 is 23.4 Å². The maximum atomic E-state index is 14.1. The van der Waals surface area contributed by atoms with Crippen molar-refractivity contribution >= 4 is 11.7 Å². The van der Waals surface area contributed by atoms with Gasteiger partial charge in [-0.2, -0.15) is 0 Å². The summed E-state index contributed by atoms with van der Waals surface area (Å²) < 4.78 is 30.1. The second-order valence-electron chi connectivity index (χ2n) is 6.69. The maximum Gasteiger partial charge on any atom is 0.315 e. The van der Waals surface area contributed by atoms with Crippen molar-refractivity contribution in [2.24, 2.45) is 0 Å². The highest BCUT2D eigenvalue weighted by Crippen LogP contribution is 2.39. The van der Waals surface area contributed by atoms with Crippen molar-refractivity contribution in [3.8, 4) is 17.2 Å². The van der Waals surface area contributed by atoms with Gasteiger partial charge in [-0.1, -0.05) is 6.07 Å². The van der Waals surface area contributed by atoms with Crippen molar-refractivity contribution in [2.45, 2.75) is 19.5 Å². The minimum absolute atomic E-state index is 0.207. The summed E-state index contributed by atoms with van der Waals surface area (Å²) in [7, 11) is 8.14. The van der Waals surface area contributed by atoms with Crippen LogP contribution in [0.25, 0.3) is 0 Å². The predicted octanol–water partition coefficient (Wildman–Crippen LogP) is 3.48. The molecule has 0 fully saturated rings. The summed E-state index contributed by atoms with van der Waals surface area (Å²) in [5.41, 5.74) is 1.95. The van der Waals surface area contributed by atoms with Crippen LogP contribution in [0.4, 0.5) is 14.9 Å². The SMILES string of the molecule is COc1cc(C(C)NC(=O)NCc2ccc(N(C)C)c(F)c2)cc(OC)c1OC. The minimum Gasteiger partial charge on any atom is -0.493 e. The van der Waals surface area contributed by atoms with Crippen LogP contribution in [-0.2, 0) is 6.54 Å². The first-order chi connectivity index (χ1) is 13.8. The largest absolute Gasteiger partial charge is 0.493 e. The van der Waals surface area contributed by atoms with E-state index < -0.39 is 0 Å². The molecule has 2 N–H and O–H groups in total. The Balaban J connectivity index is 2.03. The molecule has 0 saturated heterocycles. The third kappa shape index (κ3) is 5.43. The monoisotopic (exact) mass is 405 g/mol. The zero-order valence-corrected chi connectivity index (χ0v) is 17.6. The molecule has 0 heterocycles. The molecule has 2 aromatic rings. The Morgan fingerprint density at radius 2 is 1.69 bits per heavy atom. The Morgan fingerprint density at radius 1 is 1.07 bits per heavy atom. The quantitative estimate of drug-likeness (QED) is 0.704. The van der Waals surface area contributed by atoms with Gasteiger partial charge in [-0.25, -0.2) is 9.18 Å². The number of urea groups is 1. The van der Waals surface area contributed by atoms with Gasteiger partial charge in [0.2, 0.25) is 5.75 Å². The van der Waals surface area contributed by atoms with Crippen LogP contribution in [0.2, 0.25) is 0 Å². The number of methoxy groups -OCH3 is 3. The summed E-state index contributed by atoms with van der Waals surface area (Å²) in [6, 6.07) is 7.74. The van der Waals surface area contributed by atoms with Gasteiger partial charge in [0, 0.05) is 20.6 Å². The molecule has 2 amide bonds. The third-order valence-corrected chi connectivity index (χ3v) is 4.48. The van der Waals surface area contributed by atoms with Gasteiger partial charge < -0.3 is 29.7 Å². The zero-order valence-electron chi connectivity index (χ0n) is 17.6. The second kappa shape index (κ2) is 9.86. The highest BCUT2D eigenvalue weighted by atomic mass is 19.1. The molecule has 0 radical (unpaired) electrons. The number of carbonyl (C=O) groups excluding carboxylic acids is 1. The number of ether oxygens (including phenoxy) is 3. The lowest BCUT2D eigenvalue weighted by Crippen LogP contribution is -2.36. The number of nitrogens with one attached hydrogen (secondary N) is 2. The van der Waals surface area contributed by atoms with Gasteiger partial charge in [0.25, 0.3) is 0 Å². The minimum atomic E-state index is -0.372. The lowest BCUT2D eigenvalue weighted by Gasteiger charge is -2.19. The topological polar surface area (TPSA) is 72.1 Å². The van der Waals surface area contributed by atoms with Crippen LogP contribution >= 0.6 is 0 Å². The highest BCUT2D eigenvalue weighted by Gasteiger charge is 2.17. The zero-order chi connectivity index (χ0) is 21.6. The van der Waals surface area contributed by atoms with Crippen LogP contribution in [0.3, 0.4) is 0 Å². The van der Waals surface area contributed by atoms with E-state index in [1.165, 1.54) is 27.4 Å². The fraction of sp³-hybridized carbons (Fsp3) is 0.381. The molecule has 2 rings (SSSR count). The van der Waals surface area contributed by atoms with E-state index in [2.05, 4.69) is 10.6 Å². The van der Waals surface area contributed by atoms with Crippen molar-refractivity contribution in [1.82, 2.24) is 10.6 Å². The first kappa shape index (κ1) is 22.1. The lowest BCUT2D eigenvalue weighted by molar-refractivity contribution is 0.237. The molecule has 0 bridgehead atoms. The van der Waals surface area contributed by atoms with E-state index in [9.17, 15) is 9.18 Å². The van der Waals surface area contributed by atoms with E-state index in [-0.39, 0.29) is 24.4 Å². The van der Waals surface area contributed by atoms with E-state index in [1.54, 1.807) is 43.3 Å². The predicted molar refractivity (Wildman–Crippen MR) is 111 cm³/mol. The maximum absolute atomic E-state index is 14.1. The van der Waals surface area contributed by atoms with Crippen LogP contribution in [-0.4, -0.2) is 41.5 Å². The van der Waals surface area contributed by atoms with Gasteiger partial charge in [-0.3, -0.25) is 0 Å². The summed E-state index contributed by atoms with van der Waals surface area (Å²) in [4.78, 5) is 14.0. The molecule has 1 atom stereocenters. The molecule has 0 aliphatic heterocycles. The molecular formula is C21H28FN3O4. The van der Waals surface area contributed by atoms with Crippen molar-refractivity contribution in [2.75, 3.05) is 40.3 Å². The first-order valence-electron chi connectivity index (χ1n) is 9.10. The second-order valence-corrected chi connectivity index (χ2v) is 6.69. The molecule has 8 heteroatoms. The van der Waals surface area contributed by atoms with Crippen LogP contribution in [0.5, 0.6) is 17.2 Å². The molecule has 0 spiro atoms. The van der Waals surface area contributed by atoms with Gasteiger partial charge >= 0.3 is 6.03 Å². The van der Waals surface area contributed by atoms with Crippen molar-refractivity contribution in [3.05, 3.63) is 47.3 Å². The van der Waals surface area contributed by atoms with Crippen LogP contribution in [0.15, 0.2) is 30.3 Å². The van der Waals surface area contributed by atoms with Crippen LogP contribution in [0, 0.1) is 5.82 Å².